The fraction of sp³-hybridized carbons (Fsp3) is 0.0909. The van der Waals surface area contributed by atoms with Crippen molar-refractivity contribution < 1.29 is 0 Å². The van der Waals surface area contributed by atoms with Gasteiger partial charge in [-0.2, -0.15) is 21.0 Å². The Kier molecular flexibility index (Phi) is 5.69. The van der Waals surface area contributed by atoms with Gasteiger partial charge in [0.05, 0.1) is 22.3 Å². The van der Waals surface area contributed by atoms with Gasteiger partial charge in [-0.05, 0) is 47.9 Å². The van der Waals surface area contributed by atoms with Crippen LogP contribution in [0, 0.1) is 59.2 Å². The number of aryl methyl sites for hydroxylation is 2. The molecule has 0 N–H and O–H groups in total. The highest BCUT2D eigenvalue weighted by molar-refractivity contribution is 5.85. The first-order valence-corrected chi connectivity index (χ1v) is 7.79. The first kappa shape index (κ1) is 18.2. The van der Waals surface area contributed by atoms with Gasteiger partial charge < -0.3 is 0 Å². The second-order valence-corrected chi connectivity index (χ2v) is 5.64. The van der Waals surface area contributed by atoms with Crippen LogP contribution in [0.5, 0.6) is 0 Å². The number of fused-ring (bicyclic) bond motifs is 1. The normalized spacial score (nSPS) is 9.00. The van der Waals surface area contributed by atoms with Crippen molar-refractivity contribution in [3.8, 4) is 24.3 Å². The van der Waals surface area contributed by atoms with Crippen molar-refractivity contribution in [1.82, 2.24) is 0 Å². The molecular formula is C22H14N4. The number of hydrogen-bond donors (Lipinski definition) is 0. The molecule has 0 aliphatic heterocycles. The van der Waals surface area contributed by atoms with E-state index in [-0.39, 0.29) is 0 Å². The standard InChI is InChI=1S/C12H6N2.C10H8N2/c13-7-11-5-9-3-1-2-4-10(9)6-12(11)8-14;1-7-3-4-8(2)10(6-12)9(7)5-11/h1-6H;3-4H,1-2H3. The van der Waals surface area contributed by atoms with E-state index in [4.69, 9.17) is 21.0 Å². The monoisotopic (exact) mass is 334 g/mol. The van der Waals surface area contributed by atoms with E-state index in [1.807, 2.05) is 74.5 Å². The van der Waals surface area contributed by atoms with Crippen molar-refractivity contribution in [1.29, 1.82) is 21.0 Å². The second kappa shape index (κ2) is 8.12. The van der Waals surface area contributed by atoms with Gasteiger partial charge in [0.2, 0.25) is 0 Å². The Hall–Kier alpha value is -4.12. The van der Waals surface area contributed by atoms with Gasteiger partial charge in [0.1, 0.15) is 24.3 Å². The van der Waals surface area contributed by atoms with Gasteiger partial charge >= 0.3 is 0 Å². The van der Waals surface area contributed by atoms with Crippen LogP contribution in [-0.4, -0.2) is 0 Å². The third kappa shape index (κ3) is 3.68. The zero-order valence-electron chi connectivity index (χ0n) is 14.4. The summed E-state index contributed by atoms with van der Waals surface area (Å²) < 4.78 is 0. The minimum atomic E-state index is 0.436. The molecule has 0 aromatic heterocycles. The fourth-order valence-electron chi connectivity index (χ4n) is 2.52. The van der Waals surface area contributed by atoms with E-state index in [0.717, 1.165) is 21.9 Å². The zero-order valence-corrected chi connectivity index (χ0v) is 14.4. The minimum absolute atomic E-state index is 0.436. The molecular weight excluding hydrogens is 320 g/mol. The van der Waals surface area contributed by atoms with E-state index >= 15 is 0 Å². The van der Waals surface area contributed by atoms with E-state index < -0.39 is 0 Å². The zero-order chi connectivity index (χ0) is 19.1. The summed E-state index contributed by atoms with van der Waals surface area (Å²) in [6, 6.07) is 23.0. The van der Waals surface area contributed by atoms with Gasteiger partial charge in [0.15, 0.2) is 0 Å². The lowest BCUT2D eigenvalue weighted by Crippen LogP contribution is -1.91. The van der Waals surface area contributed by atoms with E-state index in [2.05, 4.69) is 0 Å². The molecule has 0 aliphatic carbocycles. The van der Waals surface area contributed by atoms with E-state index in [1.165, 1.54) is 0 Å². The van der Waals surface area contributed by atoms with Gasteiger partial charge in [0, 0.05) is 0 Å². The van der Waals surface area contributed by atoms with Crippen LogP contribution in [0.3, 0.4) is 0 Å². The third-order valence-electron chi connectivity index (χ3n) is 3.97. The molecule has 4 nitrogen and oxygen atoms in total. The summed E-state index contributed by atoms with van der Waals surface area (Å²) in [6.45, 7) is 3.66. The van der Waals surface area contributed by atoms with Gasteiger partial charge in [-0.15, -0.1) is 0 Å². The first-order chi connectivity index (χ1) is 12.5. The predicted octanol–water partition coefficient (Wildman–Crippen LogP) is 4.63. The summed E-state index contributed by atoms with van der Waals surface area (Å²) in [5, 5.41) is 37.1. The predicted molar refractivity (Wildman–Crippen MR) is 98.7 cm³/mol. The molecule has 0 fully saturated rings. The molecule has 0 amide bonds. The number of rotatable bonds is 0. The van der Waals surface area contributed by atoms with Gasteiger partial charge in [0.25, 0.3) is 0 Å². The van der Waals surface area contributed by atoms with Crippen LogP contribution in [0.1, 0.15) is 33.4 Å². The van der Waals surface area contributed by atoms with Crippen molar-refractivity contribution in [3.05, 3.63) is 81.9 Å². The molecule has 0 bridgehead atoms. The molecule has 0 saturated heterocycles. The van der Waals surface area contributed by atoms with Crippen molar-refractivity contribution in [2.75, 3.05) is 0 Å². The summed E-state index contributed by atoms with van der Waals surface area (Å²) in [5.41, 5.74) is 3.59. The molecule has 3 aromatic carbocycles. The Labute approximate surface area is 152 Å². The van der Waals surface area contributed by atoms with Crippen LogP contribution in [0.25, 0.3) is 10.8 Å². The van der Waals surface area contributed by atoms with Crippen LogP contribution in [0.2, 0.25) is 0 Å². The largest absolute Gasteiger partial charge is 0.192 e. The summed E-state index contributed by atoms with van der Waals surface area (Å²) in [4.78, 5) is 0. The topological polar surface area (TPSA) is 95.2 Å². The van der Waals surface area contributed by atoms with Crippen molar-refractivity contribution in [2.24, 2.45) is 0 Å². The van der Waals surface area contributed by atoms with Crippen LogP contribution in [-0.2, 0) is 0 Å². The summed E-state index contributed by atoms with van der Waals surface area (Å²) >= 11 is 0. The minimum Gasteiger partial charge on any atom is -0.192 e. The SMILES string of the molecule is Cc1ccc(C)c(C#N)c1C#N.N#Cc1cc2ccccc2cc1C#N. The molecule has 0 atom stereocenters. The lowest BCUT2D eigenvalue weighted by molar-refractivity contribution is 1.30. The molecule has 26 heavy (non-hydrogen) atoms. The molecule has 4 heteroatoms. The molecule has 0 spiro atoms. The van der Waals surface area contributed by atoms with Gasteiger partial charge in [-0.3, -0.25) is 0 Å². The lowest BCUT2D eigenvalue weighted by Gasteiger charge is -2.01. The van der Waals surface area contributed by atoms with Gasteiger partial charge in [-0.25, -0.2) is 0 Å². The van der Waals surface area contributed by atoms with Crippen LogP contribution >= 0.6 is 0 Å². The van der Waals surface area contributed by atoms with E-state index in [0.29, 0.717) is 22.3 Å². The molecule has 0 radical (unpaired) electrons. The maximum absolute atomic E-state index is 8.81. The number of hydrogen-bond acceptors (Lipinski definition) is 4. The fourth-order valence-corrected chi connectivity index (χ4v) is 2.52. The molecule has 0 unspecified atom stereocenters. The Morgan fingerprint density at radius 3 is 1.27 bits per heavy atom. The Bertz CT molecular complexity index is 1050. The van der Waals surface area contributed by atoms with Crippen molar-refractivity contribution in [3.63, 3.8) is 0 Å². The van der Waals surface area contributed by atoms with Crippen LogP contribution in [0.4, 0.5) is 0 Å². The molecule has 3 aromatic rings. The Morgan fingerprint density at radius 1 is 0.577 bits per heavy atom. The number of nitrogens with zero attached hydrogens (tertiary/aromatic N) is 4. The smallest absolute Gasteiger partial charge is 0.101 e. The Morgan fingerprint density at radius 2 is 0.962 bits per heavy atom. The quantitative estimate of drug-likeness (QED) is 0.598. The van der Waals surface area contributed by atoms with Crippen LogP contribution in [0.15, 0.2) is 48.5 Å². The third-order valence-corrected chi connectivity index (χ3v) is 3.97. The van der Waals surface area contributed by atoms with E-state index in [1.54, 1.807) is 12.1 Å². The highest BCUT2D eigenvalue weighted by Gasteiger charge is 2.06. The summed E-state index contributed by atoms with van der Waals surface area (Å²) in [5.74, 6) is 0. The highest BCUT2D eigenvalue weighted by Crippen LogP contribution is 2.19. The van der Waals surface area contributed by atoms with E-state index in [9.17, 15) is 0 Å². The van der Waals surface area contributed by atoms with Crippen LogP contribution < -0.4 is 0 Å². The molecule has 0 aliphatic rings. The Balaban J connectivity index is 0.000000190. The first-order valence-electron chi connectivity index (χ1n) is 7.79. The average molecular weight is 334 g/mol. The lowest BCUT2D eigenvalue weighted by atomic mass is 9.99. The molecule has 3 rings (SSSR count). The second-order valence-electron chi connectivity index (χ2n) is 5.64. The molecule has 0 heterocycles. The molecule has 122 valence electrons. The van der Waals surface area contributed by atoms with Gasteiger partial charge in [-0.1, -0.05) is 36.4 Å². The summed E-state index contributed by atoms with van der Waals surface area (Å²) in [7, 11) is 0. The van der Waals surface area contributed by atoms with Crippen molar-refractivity contribution >= 4 is 10.8 Å². The maximum Gasteiger partial charge on any atom is 0.101 e. The number of benzene rings is 3. The molecule has 0 saturated carbocycles. The maximum atomic E-state index is 8.81. The number of nitriles is 4. The average Bonchev–Trinajstić information content (AvgIpc) is 2.68. The highest BCUT2D eigenvalue weighted by atomic mass is 14.3. The summed E-state index contributed by atoms with van der Waals surface area (Å²) in [6.07, 6.45) is 0. The van der Waals surface area contributed by atoms with Crippen molar-refractivity contribution in [2.45, 2.75) is 13.8 Å².